The second kappa shape index (κ2) is 12.6. The molecule has 1 unspecified atom stereocenters. The lowest BCUT2D eigenvalue weighted by molar-refractivity contribution is 0.0945. The van der Waals surface area contributed by atoms with Crippen molar-refractivity contribution in [3.05, 3.63) is 77.6 Å². The van der Waals surface area contributed by atoms with Crippen LogP contribution in [0, 0.1) is 11.7 Å². The predicted molar refractivity (Wildman–Crippen MR) is 161 cm³/mol. The molecular formula is C33H34FN3O6. The molecule has 5 rings (SSSR count). The van der Waals surface area contributed by atoms with Crippen LogP contribution in [0.15, 0.2) is 65.1 Å². The van der Waals surface area contributed by atoms with Crippen LogP contribution in [0.3, 0.4) is 0 Å². The van der Waals surface area contributed by atoms with Crippen LogP contribution in [0.4, 0.5) is 9.18 Å². The first-order chi connectivity index (χ1) is 20.7. The van der Waals surface area contributed by atoms with Crippen molar-refractivity contribution < 1.29 is 33.0 Å². The Morgan fingerprint density at radius 3 is 2.49 bits per heavy atom. The van der Waals surface area contributed by atoms with Gasteiger partial charge < -0.3 is 29.8 Å². The van der Waals surface area contributed by atoms with E-state index >= 15 is 0 Å². The molecule has 4 aromatic rings. The van der Waals surface area contributed by atoms with E-state index in [9.17, 15) is 23.9 Å². The summed E-state index contributed by atoms with van der Waals surface area (Å²) in [4.78, 5) is 39.1. The molecule has 9 nitrogen and oxygen atoms in total. The van der Waals surface area contributed by atoms with Gasteiger partial charge in [-0.05, 0) is 78.9 Å². The number of nitrogens with one attached hydrogen (secondary N) is 2. The predicted octanol–water partition coefficient (Wildman–Crippen LogP) is 6.17. The quantitative estimate of drug-likeness (QED) is 0.215. The lowest BCUT2D eigenvalue weighted by Crippen LogP contribution is -2.38. The summed E-state index contributed by atoms with van der Waals surface area (Å²) >= 11 is 0. The van der Waals surface area contributed by atoms with Gasteiger partial charge in [0.1, 0.15) is 29.5 Å². The third-order valence-electron chi connectivity index (χ3n) is 7.53. The first kappa shape index (κ1) is 29.6. The molecular weight excluding hydrogens is 553 g/mol. The number of hydrogen-bond acceptors (Lipinski definition) is 5. The molecule has 0 bridgehead atoms. The average Bonchev–Trinajstić information content (AvgIpc) is 3.63. The Hall–Kier alpha value is -4.86. The zero-order valence-electron chi connectivity index (χ0n) is 24.3. The number of ether oxygens (including phenoxy) is 1. The molecule has 1 aliphatic rings. The molecule has 10 heteroatoms. The van der Waals surface area contributed by atoms with Crippen LogP contribution in [-0.4, -0.2) is 60.7 Å². The fraction of sp³-hybridized carbons (Fsp3) is 0.303. The number of hydrogen-bond donors (Lipinski definition) is 3. The standard InChI is InChI=1S/C33H34FN3O6/c1-19(2)17-36-31(38)22-9-12-27(42-18-24-5-4-14-37(24)33(40)41)25(16-22)21-8-13-28-26(15-21)29(32(39)35-3)30(43-28)20-6-10-23(34)11-7-20/h6-13,15-16,19,24H,4-5,14,17-18H2,1-3H3,(H,35,39)(H,36,38)(H,40,41). The van der Waals surface area contributed by atoms with Gasteiger partial charge in [-0.1, -0.05) is 19.9 Å². The monoisotopic (exact) mass is 587 g/mol. The minimum Gasteiger partial charge on any atom is -0.491 e. The Morgan fingerprint density at radius 2 is 1.79 bits per heavy atom. The Labute approximate surface area is 248 Å². The van der Waals surface area contributed by atoms with Crippen molar-refractivity contribution in [1.29, 1.82) is 0 Å². The van der Waals surface area contributed by atoms with Crippen LogP contribution in [0.1, 0.15) is 47.4 Å². The van der Waals surface area contributed by atoms with Crippen LogP contribution in [0.25, 0.3) is 33.4 Å². The highest BCUT2D eigenvalue weighted by atomic mass is 19.1. The SMILES string of the molecule is CNC(=O)c1c(-c2ccc(F)cc2)oc2ccc(-c3cc(C(=O)NCC(C)C)ccc3OCC3CCCN3C(=O)O)cc12. The second-order valence-electron chi connectivity index (χ2n) is 11.0. The van der Waals surface area contributed by atoms with E-state index in [2.05, 4.69) is 10.6 Å². The highest BCUT2D eigenvalue weighted by Gasteiger charge is 2.29. The first-order valence-electron chi connectivity index (χ1n) is 14.3. The number of furan rings is 1. The Bertz CT molecular complexity index is 1660. The van der Waals surface area contributed by atoms with Crippen molar-refractivity contribution in [2.24, 2.45) is 5.92 Å². The number of likely N-dealkylation sites (tertiary alicyclic amines) is 1. The lowest BCUT2D eigenvalue weighted by atomic mass is 9.98. The van der Waals surface area contributed by atoms with Gasteiger partial charge in [0.05, 0.1) is 11.6 Å². The first-order valence-corrected chi connectivity index (χ1v) is 14.3. The summed E-state index contributed by atoms with van der Waals surface area (Å²) < 4.78 is 25.9. The molecule has 1 saturated heterocycles. The molecule has 3 amide bonds. The second-order valence-corrected chi connectivity index (χ2v) is 11.0. The van der Waals surface area contributed by atoms with Crippen LogP contribution in [0.2, 0.25) is 0 Å². The van der Waals surface area contributed by atoms with Gasteiger partial charge in [-0.3, -0.25) is 9.59 Å². The van der Waals surface area contributed by atoms with E-state index in [0.29, 0.717) is 69.8 Å². The number of benzene rings is 3. The molecule has 0 radical (unpaired) electrons. The number of carbonyl (C=O) groups is 3. The molecule has 3 N–H and O–H groups in total. The average molecular weight is 588 g/mol. The van der Waals surface area contributed by atoms with Gasteiger partial charge in [-0.15, -0.1) is 0 Å². The van der Waals surface area contributed by atoms with E-state index in [1.54, 1.807) is 42.5 Å². The largest absolute Gasteiger partial charge is 0.491 e. The number of carboxylic acid groups (broad SMARTS) is 1. The van der Waals surface area contributed by atoms with Gasteiger partial charge in [0.25, 0.3) is 11.8 Å². The summed E-state index contributed by atoms with van der Waals surface area (Å²) in [6.45, 7) is 5.15. The van der Waals surface area contributed by atoms with Crippen LogP contribution in [-0.2, 0) is 0 Å². The summed E-state index contributed by atoms with van der Waals surface area (Å²) in [7, 11) is 1.52. The van der Waals surface area contributed by atoms with Crippen molar-refractivity contribution >= 4 is 28.9 Å². The maximum absolute atomic E-state index is 13.6. The Balaban J connectivity index is 1.58. The third kappa shape index (κ3) is 6.33. The van der Waals surface area contributed by atoms with Gasteiger partial charge >= 0.3 is 6.09 Å². The van der Waals surface area contributed by atoms with Crippen molar-refractivity contribution in [2.75, 3.05) is 26.7 Å². The van der Waals surface area contributed by atoms with E-state index in [4.69, 9.17) is 9.15 Å². The molecule has 1 aliphatic heterocycles. The van der Waals surface area contributed by atoms with Crippen molar-refractivity contribution in [3.63, 3.8) is 0 Å². The molecule has 1 fully saturated rings. The fourth-order valence-corrected chi connectivity index (χ4v) is 5.29. The van der Waals surface area contributed by atoms with Gasteiger partial charge in [0.2, 0.25) is 0 Å². The zero-order valence-corrected chi connectivity index (χ0v) is 24.3. The summed E-state index contributed by atoms with van der Waals surface area (Å²) in [5.74, 6) is 0.0431. The van der Waals surface area contributed by atoms with Crippen LogP contribution in [0.5, 0.6) is 5.75 Å². The van der Waals surface area contributed by atoms with E-state index in [1.807, 2.05) is 19.9 Å². The molecule has 43 heavy (non-hydrogen) atoms. The fourth-order valence-electron chi connectivity index (χ4n) is 5.29. The highest BCUT2D eigenvalue weighted by Crippen LogP contribution is 2.39. The number of rotatable bonds is 9. The molecule has 1 atom stereocenters. The normalized spacial score (nSPS) is 14.7. The molecule has 224 valence electrons. The minimum atomic E-state index is -0.979. The number of nitrogens with zero attached hydrogens (tertiary/aromatic N) is 1. The Morgan fingerprint density at radius 1 is 1.05 bits per heavy atom. The van der Waals surface area contributed by atoms with Crippen LogP contribution >= 0.6 is 0 Å². The molecule has 0 aliphatic carbocycles. The van der Waals surface area contributed by atoms with Crippen molar-refractivity contribution in [1.82, 2.24) is 15.5 Å². The summed E-state index contributed by atoms with van der Waals surface area (Å²) in [6, 6.07) is 15.9. The van der Waals surface area contributed by atoms with Gasteiger partial charge in [0, 0.05) is 42.2 Å². The number of amides is 3. The van der Waals surface area contributed by atoms with Crippen molar-refractivity contribution in [3.8, 4) is 28.2 Å². The minimum absolute atomic E-state index is 0.157. The number of carbonyl (C=O) groups excluding carboxylic acids is 2. The molecule has 0 spiro atoms. The van der Waals surface area contributed by atoms with Crippen LogP contribution < -0.4 is 15.4 Å². The third-order valence-corrected chi connectivity index (χ3v) is 7.53. The van der Waals surface area contributed by atoms with Gasteiger partial charge in [0.15, 0.2) is 0 Å². The Kier molecular flexibility index (Phi) is 8.66. The smallest absolute Gasteiger partial charge is 0.407 e. The van der Waals surface area contributed by atoms with E-state index in [1.165, 1.54) is 24.1 Å². The highest BCUT2D eigenvalue weighted by molar-refractivity contribution is 6.12. The van der Waals surface area contributed by atoms with E-state index in [-0.39, 0.29) is 30.4 Å². The summed E-state index contributed by atoms with van der Waals surface area (Å²) in [6.07, 6.45) is 0.477. The maximum Gasteiger partial charge on any atom is 0.407 e. The molecule has 1 aromatic heterocycles. The topological polar surface area (TPSA) is 121 Å². The molecule has 3 aromatic carbocycles. The maximum atomic E-state index is 13.6. The van der Waals surface area contributed by atoms with E-state index < -0.39 is 11.9 Å². The van der Waals surface area contributed by atoms with Gasteiger partial charge in [-0.2, -0.15) is 0 Å². The molecule has 2 heterocycles. The van der Waals surface area contributed by atoms with Gasteiger partial charge in [-0.25, -0.2) is 9.18 Å². The summed E-state index contributed by atoms with van der Waals surface area (Å²) in [5.41, 5.74) is 3.00. The summed E-state index contributed by atoms with van der Waals surface area (Å²) in [5, 5.41) is 15.7. The zero-order chi connectivity index (χ0) is 30.7. The number of halogens is 1. The van der Waals surface area contributed by atoms with Crippen molar-refractivity contribution in [2.45, 2.75) is 32.7 Å². The molecule has 0 saturated carbocycles. The van der Waals surface area contributed by atoms with E-state index in [0.717, 1.165) is 6.42 Å². The lowest BCUT2D eigenvalue weighted by Gasteiger charge is -2.22. The number of fused-ring (bicyclic) bond motifs is 1.